The highest BCUT2D eigenvalue weighted by Crippen LogP contribution is 2.25. The van der Waals surface area contributed by atoms with E-state index < -0.39 is 18.2 Å². The number of halogens is 1. The highest BCUT2D eigenvalue weighted by atomic mass is 35.5. The fourth-order valence-corrected chi connectivity index (χ4v) is 1.58. The van der Waals surface area contributed by atoms with Gasteiger partial charge >= 0.3 is 5.97 Å². The molecule has 1 aromatic carbocycles. The second-order valence-electron chi connectivity index (χ2n) is 3.59. The van der Waals surface area contributed by atoms with Gasteiger partial charge in [0.2, 0.25) is 0 Å². The number of benzene rings is 1. The third kappa shape index (κ3) is 2.52. The van der Waals surface area contributed by atoms with Gasteiger partial charge in [-0.25, -0.2) is 0 Å². The maximum absolute atomic E-state index is 10.7. The summed E-state index contributed by atoms with van der Waals surface area (Å²) in [6.45, 7) is 0.339. The van der Waals surface area contributed by atoms with Crippen molar-refractivity contribution in [2.45, 2.75) is 6.29 Å². The van der Waals surface area contributed by atoms with Crippen LogP contribution in [0.5, 0.6) is 0 Å². The van der Waals surface area contributed by atoms with Gasteiger partial charge in [0.15, 0.2) is 6.29 Å². The molecule has 1 fully saturated rings. The highest BCUT2D eigenvalue weighted by Gasteiger charge is 2.27. The number of hydrogen-bond acceptors (Lipinski definition) is 3. The lowest BCUT2D eigenvalue weighted by Crippen LogP contribution is -2.32. The van der Waals surface area contributed by atoms with E-state index in [1.165, 1.54) is 0 Å². The van der Waals surface area contributed by atoms with Crippen molar-refractivity contribution in [3.63, 3.8) is 0 Å². The Balaban J connectivity index is 1.99. The van der Waals surface area contributed by atoms with Gasteiger partial charge in [-0.1, -0.05) is 23.7 Å². The van der Waals surface area contributed by atoms with Crippen LogP contribution in [0, 0.1) is 5.92 Å². The standard InChI is InChI=1S/C11H11ClO4/c12-9-3-1-7(2-4-9)11-15-5-8(6-16-11)10(13)14/h1-4,8,11H,5-6H2,(H,13,14). The van der Waals surface area contributed by atoms with Crippen molar-refractivity contribution in [3.8, 4) is 0 Å². The first-order valence-corrected chi connectivity index (χ1v) is 5.26. The molecule has 1 aliphatic rings. The molecule has 0 atom stereocenters. The first kappa shape index (κ1) is 11.4. The zero-order valence-corrected chi connectivity index (χ0v) is 9.18. The summed E-state index contributed by atoms with van der Waals surface area (Å²) in [5.74, 6) is -1.47. The van der Waals surface area contributed by atoms with Gasteiger partial charge in [-0.3, -0.25) is 4.79 Å². The predicted molar refractivity (Wildman–Crippen MR) is 57.2 cm³/mol. The molecule has 0 saturated carbocycles. The van der Waals surface area contributed by atoms with E-state index in [0.717, 1.165) is 5.56 Å². The Kier molecular flexibility index (Phi) is 3.43. The molecule has 0 radical (unpaired) electrons. The lowest BCUT2D eigenvalue weighted by atomic mass is 10.1. The zero-order chi connectivity index (χ0) is 11.5. The second kappa shape index (κ2) is 4.82. The normalized spacial score (nSPS) is 25.3. The first-order valence-electron chi connectivity index (χ1n) is 4.88. The summed E-state index contributed by atoms with van der Waals surface area (Å²) in [5.41, 5.74) is 0.841. The zero-order valence-electron chi connectivity index (χ0n) is 8.43. The summed E-state index contributed by atoms with van der Waals surface area (Å²) in [7, 11) is 0. The van der Waals surface area contributed by atoms with E-state index in [0.29, 0.717) is 5.02 Å². The molecule has 1 N–H and O–H groups in total. The summed E-state index contributed by atoms with van der Waals surface area (Å²) in [5, 5.41) is 9.40. The lowest BCUT2D eigenvalue weighted by Gasteiger charge is -2.27. The fraction of sp³-hybridized carbons (Fsp3) is 0.364. The Bertz CT molecular complexity index is 368. The Morgan fingerprint density at radius 2 is 1.81 bits per heavy atom. The number of carboxylic acid groups (broad SMARTS) is 1. The summed E-state index contributed by atoms with van der Waals surface area (Å²) in [4.78, 5) is 10.7. The molecule has 2 rings (SSSR count). The maximum Gasteiger partial charge on any atom is 0.311 e. The van der Waals surface area contributed by atoms with Gasteiger partial charge in [-0.2, -0.15) is 0 Å². The largest absolute Gasteiger partial charge is 0.481 e. The van der Waals surface area contributed by atoms with Crippen LogP contribution in [0.15, 0.2) is 24.3 Å². The lowest BCUT2D eigenvalue weighted by molar-refractivity contribution is -0.211. The minimum absolute atomic E-state index is 0.169. The molecule has 5 heteroatoms. The summed E-state index contributed by atoms with van der Waals surface area (Å²) < 4.78 is 10.7. The van der Waals surface area contributed by atoms with Crippen LogP contribution in [0.3, 0.4) is 0 Å². The average Bonchev–Trinajstić information content (AvgIpc) is 2.30. The van der Waals surface area contributed by atoms with Crippen molar-refractivity contribution in [2.75, 3.05) is 13.2 Å². The van der Waals surface area contributed by atoms with Crippen LogP contribution >= 0.6 is 11.6 Å². The summed E-state index contributed by atoms with van der Waals surface area (Å²) in [6.07, 6.45) is -0.493. The minimum atomic E-state index is -0.894. The van der Waals surface area contributed by atoms with E-state index in [1.54, 1.807) is 24.3 Å². The van der Waals surface area contributed by atoms with Crippen LogP contribution in [-0.2, 0) is 14.3 Å². The molecule has 86 valence electrons. The third-order valence-electron chi connectivity index (χ3n) is 2.39. The number of carboxylic acids is 1. The SMILES string of the molecule is O=C(O)C1COC(c2ccc(Cl)cc2)OC1. The fourth-order valence-electron chi connectivity index (χ4n) is 1.46. The van der Waals surface area contributed by atoms with Gasteiger partial charge in [-0.05, 0) is 12.1 Å². The molecule has 1 aliphatic heterocycles. The van der Waals surface area contributed by atoms with E-state index in [1.807, 2.05) is 0 Å². The number of aliphatic carboxylic acids is 1. The smallest absolute Gasteiger partial charge is 0.311 e. The Labute approximate surface area is 97.7 Å². The van der Waals surface area contributed by atoms with E-state index in [4.69, 9.17) is 26.2 Å². The summed E-state index contributed by atoms with van der Waals surface area (Å²) >= 11 is 5.76. The minimum Gasteiger partial charge on any atom is -0.481 e. The molecule has 0 unspecified atom stereocenters. The number of carbonyl (C=O) groups is 1. The van der Waals surface area contributed by atoms with Gasteiger partial charge in [0, 0.05) is 10.6 Å². The molecule has 0 spiro atoms. The van der Waals surface area contributed by atoms with Gasteiger partial charge < -0.3 is 14.6 Å². The monoisotopic (exact) mass is 242 g/mol. The second-order valence-corrected chi connectivity index (χ2v) is 4.02. The van der Waals surface area contributed by atoms with Gasteiger partial charge in [0.05, 0.1) is 13.2 Å². The molecular formula is C11H11ClO4. The van der Waals surface area contributed by atoms with Gasteiger partial charge in [-0.15, -0.1) is 0 Å². The van der Waals surface area contributed by atoms with Crippen molar-refractivity contribution in [1.82, 2.24) is 0 Å². The maximum atomic E-state index is 10.7. The molecular weight excluding hydrogens is 232 g/mol. The summed E-state index contributed by atoms with van der Waals surface area (Å²) in [6, 6.07) is 7.09. The molecule has 4 nitrogen and oxygen atoms in total. The van der Waals surface area contributed by atoms with Crippen molar-refractivity contribution in [2.24, 2.45) is 5.92 Å². The Morgan fingerprint density at radius 3 is 2.31 bits per heavy atom. The van der Waals surface area contributed by atoms with Crippen molar-refractivity contribution >= 4 is 17.6 Å². The van der Waals surface area contributed by atoms with Gasteiger partial charge in [0.25, 0.3) is 0 Å². The number of rotatable bonds is 2. The molecule has 1 saturated heterocycles. The van der Waals surface area contributed by atoms with E-state index in [9.17, 15) is 4.79 Å². The van der Waals surface area contributed by atoms with Crippen LogP contribution in [0.4, 0.5) is 0 Å². The molecule has 16 heavy (non-hydrogen) atoms. The molecule has 1 heterocycles. The van der Waals surface area contributed by atoms with Crippen LogP contribution in [0.1, 0.15) is 11.9 Å². The van der Waals surface area contributed by atoms with E-state index in [-0.39, 0.29) is 13.2 Å². The number of hydrogen-bond donors (Lipinski definition) is 1. The molecule has 1 aromatic rings. The van der Waals surface area contributed by atoms with Crippen molar-refractivity contribution in [3.05, 3.63) is 34.9 Å². The van der Waals surface area contributed by atoms with Crippen LogP contribution in [0.25, 0.3) is 0 Å². The Hall–Kier alpha value is -1.10. The highest BCUT2D eigenvalue weighted by molar-refractivity contribution is 6.30. The van der Waals surface area contributed by atoms with Gasteiger partial charge in [0.1, 0.15) is 5.92 Å². The predicted octanol–water partition coefficient (Wildman–Crippen LogP) is 2.09. The third-order valence-corrected chi connectivity index (χ3v) is 2.64. The van der Waals surface area contributed by atoms with Crippen molar-refractivity contribution in [1.29, 1.82) is 0 Å². The average molecular weight is 243 g/mol. The van der Waals surface area contributed by atoms with E-state index in [2.05, 4.69) is 0 Å². The Morgan fingerprint density at radius 1 is 1.25 bits per heavy atom. The molecule has 0 aliphatic carbocycles. The van der Waals surface area contributed by atoms with Crippen LogP contribution in [-0.4, -0.2) is 24.3 Å². The molecule has 0 aromatic heterocycles. The topological polar surface area (TPSA) is 55.8 Å². The van der Waals surface area contributed by atoms with Crippen LogP contribution < -0.4 is 0 Å². The first-order chi connectivity index (χ1) is 7.66. The van der Waals surface area contributed by atoms with E-state index >= 15 is 0 Å². The van der Waals surface area contributed by atoms with Crippen molar-refractivity contribution < 1.29 is 19.4 Å². The molecule has 0 bridgehead atoms. The number of ether oxygens (including phenoxy) is 2. The quantitative estimate of drug-likeness (QED) is 0.863. The van der Waals surface area contributed by atoms with Crippen LogP contribution in [0.2, 0.25) is 5.02 Å². The molecule has 0 amide bonds.